The van der Waals surface area contributed by atoms with Crippen molar-refractivity contribution in [2.75, 3.05) is 79.6 Å². The van der Waals surface area contributed by atoms with Crippen LogP contribution < -0.4 is 10.6 Å². The Kier molecular flexibility index (Phi) is 19.3. The summed E-state index contributed by atoms with van der Waals surface area (Å²) in [6.07, 6.45) is 0.416. The molecule has 186 valence electrons. The predicted molar refractivity (Wildman–Crippen MR) is 119 cm³/mol. The van der Waals surface area contributed by atoms with E-state index in [1.165, 1.54) is 0 Å². The zero-order valence-electron chi connectivity index (χ0n) is 20.2. The highest BCUT2D eigenvalue weighted by Crippen LogP contribution is 2.18. The van der Waals surface area contributed by atoms with Crippen molar-refractivity contribution in [1.82, 2.24) is 10.6 Å². The van der Waals surface area contributed by atoms with Crippen LogP contribution in [0.5, 0.6) is 0 Å². The summed E-state index contributed by atoms with van der Waals surface area (Å²) in [4.78, 5) is 11.9. The lowest BCUT2D eigenvalue weighted by Gasteiger charge is -2.29. The van der Waals surface area contributed by atoms with Gasteiger partial charge in [-0.25, -0.2) is 4.39 Å². The van der Waals surface area contributed by atoms with Crippen LogP contribution in [0.25, 0.3) is 0 Å². The number of likely N-dealkylation sites (N-methyl/N-ethyl adjacent to an activating group) is 1. The van der Waals surface area contributed by atoms with E-state index in [1.807, 2.05) is 20.9 Å². The highest BCUT2D eigenvalue weighted by molar-refractivity contribution is 5.78. The molecule has 0 saturated carbocycles. The lowest BCUT2D eigenvalue weighted by Crippen LogP contribution is -2.45. The molecule has 0 radical (unpaired) electrons. The molecular weight excluding hydrogens is 407 g/mol. The molecule has 0 saturated heterocycles. The van der Waals surface area contributed by atoms with E-state index in [9.17, 15) is 9.18 Å². The summed E-state index contributed by atoms with van der Waals surface area (Å²) in [7, 11) is 1.88. The van der Waals surface area contributed by atoms with Gasteiger partial charge in [-0.2, -0.15) is 0 Å². The third-order valence-electron chi connectivity index (χ3n) is 4.69. The Morgan fingerprint density at radius 1 is 0.903 bits per heavy atom. The van der Waals surface area contributed by atoms with E-state index in [2.05, 4.69) is 10.6 Å². The van der Waals surface area contributed by atoms with E-state index < -0.39 is 11.8 Å². The van der Waals surface area contributed by atoms with Crippen LogP contribution in [0.1, 0.15) is 40.5 Å². The number of ether oxygens (including phenoxy) is 5. The van der Waals surface area contributed by atoms with Gasteiger partial charge >= 0.3 is 0 Å². The van der Waals surface area contributed by atoms with Crippen LogP contribution in [-0.4, -0.2) is 97.3 Å². The van der Waals surface area contributed by atoms with Gasteiger partial charge in [-0.05, 0) is 27.3 Å². The third-order valence-corrected chi connectivity index (χ3v) is 4.69. The van der Waals surface area contributed by atoms with Crippen molar-refractivity contribution in [3.63, 3.8) is 0 Å². The van der Waals surface area contributed by atoms with Gasteiger partial charge in [-0.3, -0.25) is 4.79 Å². The molecule has 2 N–H and O–H groups in total. The molecule has 0 bridgehead atoms. The van der Waals surface area contributed by atoms with E-state index in [1.54, 1.807) is 13.8 Å². The first kappa shape index (κ1) is 30.2. The van der Waals surface area contributed by atoms with E-state index in [4.69, 9.17) is 23.7 Å². The second-order valence-corrected chi connectivity index (χ2v) is 7.91. The van der Waals surface area contributed by atoms with Crippen molar-refractivity contribution in [1.29, 1.82) is 0 Å². The summed E-state index contributed by atoms with van der Waals surface area (Å²) in [5.41, 5.74) is -1.00. The number of hydrogen-bond acceptors (Lipinski definition) is 7. The van der Waals surface area contributed by atoms with Crippen LogP contribution in [0, 0.1) is 5.92 Å². The Morgan fingerprint density at radius 2 is 1.39 bits per heavy atom. The number of nitrogens with one attached hydrogen (secondary N) is 2. The Bertz CT molecular complexity index is 429. The first-order valence-electron chi connectivity index (χ1n) is 11.4. The molecule has 8 nitrogen and oxygen atoms in total. The number of carbonyl (C=O) groups is 1. The standard InChI is InChI=1S/C22H45FN2O6/c1-6-7-19(2)21(26)25-18-20(23)22(3,4)31-17-16-30-15-14-29-13-12-28-11-10-27-9-8-24-5/h19-20,24H,6-18H2,1-5H3,(H,25,26). The summed E-state index contributed by atoms with van der Waals surface area (Å²) < 4.78 is 41.6. The smallest absolute Gasteiger partial charge is 0.222 e. The van der Waals surface area contributed by atoms with Crippen molar-refractivity contribution in [3.8, 4) is 0 Å². The topological polar surface area (TPSA) is 87.3 Å². The number of hydrogen-bond donors (Lipinski definition) is 2. The molecule has 2 atom stereocenters. The minimum Gasteiger partial charge on any atom is -0.378 e. The number of alkyl halides is 1. The summed E-state index contributed by atoms with van der Waals surface area (Å²) in [6, 6.07) is 0. The highest BCUT2D eigenvalue weighted by Gasteiger charge is 2.31. The number of carbonyl (C=O) groups excluding carboxylic acids is 1. The number of amides is 1. The molecule has 9 heteroatoms. The van der Waals surface area contributed by atoms with Gasteiger partial charge in [0, 0.05) is 12.5 Å². The largest absolute Gasteiger partial charge is 0.378 e. The van der Waals surface area contributed by atoms with Crippen molar-refractivity contribution in [3.05, 3.63) is 0 Å². The number of halogens is 1. The third kappa shape index (κ3) is 17.4. The first-order chi connectivity index (χ1) is 14.8. The summed E-state index contributed by atoms with van der Waals surface area (Å²) in [5.74, 6) is -0.224. The molecule has 1 amide bonds. The molecule has 0 aromatic rings. The Hall–Kier alpha value is -0.840. The normalized spacial score (nSPS) is 13.9. The lowest BCUT2D eigenvalue weighted by atomic mass is 10.0. The van der Waals surface area contributed by atoms with Crippen LogP contribution >= 0.6 is 0 Å². The van der Waals surface area contributed by atoms with Gasteiger partial charge in [0.1, 0.15) is 6.17 Å². The van der Waals surface area contributed by atoms with E-state index >= 15 is 0 Å². The highest BCUT2D eigenvalue weighted by atomic mass is 19.1. The monoisotopic (exact) mass is 452 g/mol. The van der Waals surface area contributed by atoms with Crippen LogP contribution in [0.4, 0.5) is 4.39 Å². The Labute approximate surface area is 187 Å². The van der Waals surface area contributed by atoms with Gasteiger partial charge in [0.05, 0.1) is 71.6 Å². The fourth-order valence-corrected chi connectivity index (χ4v) is 2.56. The molecule has 0 aromatic carbocycles. The van der Waals surface area contributed by atoms with Crippen molar-refractivity contribution in [2.24, 2.45) is 5.92 Å². The number of rotatable bonds is 22. The maximum atomic E-state index is 14.4. The van der Waals surface area contributed by atoms with Crippen molar-refractivity contribution in [2.45, 2.75) is 52.3 Å². The lowest BCUT2D eigenvalue weighted by molar-refractivity contribution is -0.126. The van der Waals surface area contributed by atoms with Crippen LogP contribution in [0.2, 0.25) is 0 Å². The fourth-order valence-electron chi connectivity index (χ4n) is 2.56. The summed E-state index contributed by atoms with van der Waals surface area (Å²) in [6.45, 7) is 12.3. The molecule has 31 heavy (non-hydrogen) atoms. The van der Waals surface area contributed by atoms with Crippen LogP contribution in [-0.2, 0) is 28.5 Å². The van der Waals surface area contributed by atoms with Crippen LogP contribution in [0.3, 0.4) is 0 Å². The average molecular weight is 453 g/mol. The molecule has 0 fully saturated rings. The Balaban J connectivity index is 3.58. The van der Waals surface area contributed by atoms with Gasteiger partial charge in [-0.1, -0.05) is 20.3 Å². The zero-order valence-corrected chi connectivity index (χ0v) is 20.2. The fraction of sp³-hybridized carbons (Fsp3) is 0.955. The summed E-state index contributed by atoms with van der Waals surface area (Å²) >= 11 is 0. The quantitative estimate of drug-likeness (QED) is 0.243. The van der Waals surface area contributed by atoms with Gasteiger partial charge in [0.2, 0.25) is 5.91 Å². The molecule has 0 spiro atoms. The van der Waals surface area contributed by atoms with Gasteiger partial charge in [-0.15, -0.1) is 0 Å². The van der Waals surface area contributed by atoms with Gasteiger partial charge in [0.25, 0.3) is 0 Å². The van der Waals surface area contributed by atoms with Gasteiger partial charge < -0.3 is 34.3 Å². The van der Waals surface area contributed by atoms with Gasteiger partial charge in [0.15, 0.2) is 0 Å². The molecule has 0 aromatic heterocycles. The molecule has 0 heterocycles. The summed E-state index contributed by atoms with van der Waals surface area (Å²) in [5, 5.41) is 5.67. The minimum absolute atomic E-state index is 0.0568. The second kappa shape index (κ2) is 19.8. The van der Waals surface area contributed by atoms with E-state index in [0.29, 0.717) is 52.9 Å². The van der Waals surface area contributed by atoms with Crippen molar-refractivity contribution < 1.29 is 32.9 Å². The van der Waals surface area contributed by atoms with Crippen molar-refractivity contribution >= 4 is 5.91 Å². The SMILES string of the molecule is CCCC(C)C(=O)NCC(F)C(C)(C)OCCOCCOCCOCCOCCNC. The first-order valence-corrected chi connectivity index (χ1v) is 11.4. The Morgan fingerprint density at radius 3 is 1.87 bits per heavy atom. The molecule has 0 aliphatic heterocycles. The average Bonchev–Trinajstić information content (AvgIpc) is 2.74. The molecule has 2 unspecified atom stereocenters. The molecule has 0 aliphatic carbocycles. The minimum atomic E-state index is -1.30. The second-order valence-electron chi connectivity index (χ2n) is 7.91. The zero-order chi connectivity index (χ0) is 23.4. The molecule has 0 rings (SSSR count). The van der Waals surface area contributed by atoms with E-state index in [0.717, 1.165) is 19.4 Å². The van der Waals surface area contributed by atoms with Crippen LogP contribution in [0.15, 0.2) is 0 Å². The van der Waals surface area contributed by atoms with E-state index in [-0.39, 0.29) is 25.0 Å². The predicted octanol–water partition coefficient (Wildman–Crippen LogP) is 1.96. The maximum absolute atomic E-state index is 14.4. The molecule has 0 aliphatic rings. The maximum Gasteiger partial charge on any atom is 0.222 e. The molecular formula is C22H45FN2O6.